The van der Waals surface area contributed by atoms with Crippen molar-refractivity contribution < 1.29 is 8.81 Å². The van der Waals surface area contributed by atoms with Crippen molar-refractivity contribution in [2.24, 2.45) is 0 Å². The fourth-order valence-corrected chi connectivity index (χ4v) is 10.9. The second-order valence-corrected chi connectivity index (χ2v) is 16.4. The number of anilines is 5. The van der Waals surface area contributed by atoms with Crippen LogP contribution < -0.4 is 9.80 Å². The maximum Gasteiger partial charge on any atom is 0.159 e. The van der Waals surface area contributed by atoms with Crippen LogP contribution in [0.4, 0.5) is 32.8 Å². The van der Waals surface area contributed by atoms with Gasteiger partial charge >= 0.3 is 0 Å². The normalized spacial score (nSPS) is 14.6. The molecule has 13 rings (SSSR count). The van der Waals surface area contributed by atoms with Crippen LogP contribution in [-0.4, -0.2) is 0 Å². The monoisotopic (exact) mass is 784 g/mol. The van der Waals surface area contributed by atoms with Crippen LogP contribution in [0.25, 0.3) is 54.6 Å². The Hall–Kier alpha value is -7.69. The van der Waals surface area contributed by atoms with E-state index in [4.69, 9.17) is 4.42 Å². The minimum atomic E-state index is -0.692. The van der Waals surface area contributed by atoms with Crippen molar-refractivity contribution in [2.75, 3.05) is 9.80 Å². The third-order valence-corrected chi connectivity index (χ3v) is 13.3. The molecule has 3 aliphatic rings. The SMILES string of the molecule is Fc1ccc(N(c2cc3c(c4ccccc24)-c2c(ccc4ccccc24)C32c3ccccc3N(C3=CC=CCC3)c3ccccc32)c2cccc3c2oc2ccccc23)cc1. The summed E-state index contributed by atoms with van der Waals surface area (Å²) in [6.45, 7) is 0. The van der Waals surface area contributed by atoms with E-state index in [0.29, 0.717) is 0 Å². The van der Waals surface area contributed by atoms with Crippen LogP contribution in [-0.2, 0) is 5.41 Å². The van der Waals surface area contributed by atoms with Gasteiger partial charge in [0.15, 0.2) is 5.58 Å². The van der Waals surface area contributed by atoms with E-state index in [-0.39, 0.29) is 5.82 Å². The highest BCUT2D eigenvalue weighted by Gasteiger charge is 2.53. The third kappa shape index (κ3) is 4.67. The predicted molar refractivity (Wildman–Crippen MR) is 249 cm³/mol. The second-order valence-electron chi connectivity index (χ2n) is 16.4. The molecule has 1 aliphatic heterocycles. The number of fused-ring (bicyclic) bond motifs is 16. The van der Waals surface area contributed by atoms with Gasteiger partial charge in [-0.2, -0.15) is 0 Å². The number of halogens is 1. The Morgan fingerprint density at radius 3 is 1.95 bits per heavy atom. The number of allylic oxidation sites excluding steroid dienone is 4. The molecule has 10 aromatic rings. The number of hydrogen-bond donors (Lipinski definition) is 0. The number of hydrogen-bond acceptors (Lipinski definition) is 3. The maximum absolute atomic E-state index is 14.9. The minimum absolute atomic E-state index is 0.283. The average Bonchev–Trinajstić information content (AvgIpc) is 3.85. The van der Waals surface area contributed by atoms with Gasteiger partial charge in [0, 0.05) is 27.5 Å². The molecule has 2 heterocycles. The van der Waals surface area contributed by atoms with Gasteiger partial charge in [-0.25, -0.2) is 4.39 Å². The van der Waals surface area contributed by atoms with Crippen molar-refractivity contribution in [2.45, 2.75) is 18.3 Å². The molecule has 9 aromatic carbocycles. The van der Waals surface area contributed by atoms with Gasteiger partial charge in [0.2, 0.25) is 0 Å². The summed E-state index contributed by atoms with van der Waals surface area (Å²) in [7, 11) is 0. The highest BCUT2D eigenvalue weighted by Crippen LogP contribution is 2.66. The molecule has 0 saturated carbocycles. The molecule has 0 fully saturated rings. The first-order chi connectivity index (χ1) is 30.2. The van der Waals surface area contributed by atoms with Crippen molar-refractivity contribution >= 4 is 71.9 Å². The summed E-state index contributed by atoms with van der Waals surface area (Å²) in [5.41, 5.74) is 14.8. The molecule has 1 aromatic heterocycles. The quantitative estimate of drug-likeness (QED) is 0.177. The van der Waals surface area contributed by atoms with Gasteiger partial charge in [0.25, 0.3) is 0 Å². The van der Waals surface area contributed by atoms with E-state index in [0.717, 1.165) is 62.6 Å². The molecular formula is C57H37FN2O. The Morgan fingerprint density at radius 1 is 0.525 bits per heavy atom. The van der Waals surface area contributed by atoms with Crippen molar-refractivity contribution in [3.05, 3.63) is 234 Å². The Labute approximate surface area is 352 Å². The molecule has 2 aliphatic carbocycles. The highest BCUT2D eigenvalue weighted by atomic mass is 19.1. The summed E-state index contributed by atoms with van der Waals surface area (Å²) in [6.07, 6.45) is 8.70. The Kier molecular flexibility index (Phi) is 7.23. The van der Waals surface area contributed by atoms with Crippen LogP contribution in [0.2, 0.25) is 0 Å². The number of benzene rings is 9. The van der Waals surface area contributed by atoms with Crippen LogP contribution in [0.1, 0.15) is 35.1 Å². The molecule has 3 nitrogen and oxygen atoms in total. The van der Waals surface area contributed by atoms with E-state index in [1.54, 1.807) is 12.1 Å². The summed E-state index contributed by atoms with van der Waals surface area (Å²) < 4.78 is 21.7. The molecule has 1 spiro atoms. The maximum atomic E-state index is 14.9. The minimum Gasteiger partial charge on any atom is -0.454 e. The molecule has 0 radical (unpaired) electrons. The van der Waals surface area contributed by atoms with Crippen molar-refractivity contribution in [3.8, 4) is 11.1 Å². The first kappa shape index (κ1) is 34.2. The summed E-state index contributed by atoms with van der Waals surface area (Å²) >= 11 is 0. The second kappa shape index (κ2) is 12.9. The zero-order valence-corrected chi connectivity index (χ0v) is 33.1. The lowest BCUT2D eigenvalue weighted by atomic mass is 9.64. The summed E-state index contributed by atoms with van der Waals surface area (Å²) in [4.78, 5) is 4.79. The van der Waals surface area contributed by atoms with E-state index in [9.17, 15) is 4.39 Å². The van der Waals surface area contributed by atoms with Gasteiger partial charge < -0.3 is 14.2 Å². The standard InChI is InChI=1S/C57H37FN2O/c58-37-30-32-39(33-31-37)60(51-27-14-22-44-42-20-8-13-28-53(42)61-56(44)51)52-35-48-55(43-21-7-6-19-41(43)52)54-40-18-5-4-15-36(40)29-34-47(54)57(48)45-23-9-11-25-49(45)59(38-16-2-1-3-17-38)50-26-12-10-24-46(50)57/h1-2,4-16,18-35H,3,17H2. The van der Waals surface area contributed by atoms with Crippen molar-refractivity contribution in [3.63, 3.8) is 0 Å². The third-order valence-electron chi connectivity index (χ3n) is 13.3. The van der Waals surface area contributed by atoms with E-state index >= 15 is 0 Å². The van der Waals surface area contributed by atoms with E-state index in [2.05, 4.69) is 174 Å². The fraction of sp³-hybridized carbons (Fsp3) is 0.0526. The predicted octanol–water partition coefficient (Wildman–Crippen LogP) is 15.5. The van der Waals surface area contributed by atoms with Gasteiger partial charge in [-0.15, -0.1) is 0 Å². The van der Waals surface area contributed by atoms with Crippen molar-refractivity contribution in [1.29, 1.82) is 0 Å². The van der Waals surface area contributed by atoms with Crippen LogP contribution in [0.5, 0.6) is 0 Å². The van der Waals surface area contributed by atoms with Gasteiger partial charge in [0.05, 0.1) is 28.2 Å². The van der Waals surface area contributed by atoms with Crippen LogP contribution >= 0.6 is 0 Å². The zero-order chi connectivity index (χ0) is 40.2. The summed E-state index contributed by atoms with van der Waals surface area (Å²) in [6, 6.07) is 64.3. The lowest BCUT2D eigenvalue weighted by Gasteiger charge is -2.46. The molecule has 4 heteroatoms. The Morgan fingerprint density at radius 2 is 1.18 bits per heavy atom. The molecule has 0 amide bonds. The molecule has 0 unspecified atom stereocenters. The smallest absolute Gasteiger partial charge is 0.159 e. The number of para-hydroxylation sites is 4. The van der Waals surface area contributed by atoms with E-state index < -0.39 is 5.41 Å². The summed E-state index contributed by atoms with van der Waals surface area (Å²) in [5.74, 6) is -0.283. The molecule has 288 valence electrons. The first-order valence-corrected chi connectivity index (χ1v) is 21.1. The van der Waals surface area contributed by atoms with Crippen LogP contribution in [0.3, 0.4) is 0 Å². The largest absolute Gasteiger partial charge is 0.454 e. The van der Waals surface area contributed by atoms with E-state index in [1.807, 2.05) is 24.3 Å². The number of furan rings is 1. The first-order valence-electron chi connectivity index (χ1n) is 21.1. The Balaban J connectivity index is 1.21. The van der Waals surface area contributed by atoms with Gasteiger partial charge in [-0.05, 0) is 123 Å². The fourth-order valence-electron chi connectivity index (χ4n) is 10.9. The lowest BCUT2D eigenvalue weighted by Crippen LogP contribution is -2.37. The van der Waals surface area contributed by atoms with Crippen LogP contribution in [0, 0.1) is 5.82 Å². The molecule has 0 N–H and O–H groups in total. The molecule has 0 saturated heterocycles. The molecular weight excluding hydrogens is 748 g/mol. The topological polar surface area (TPSA) is 19.6 Å². The Bertz CT molecular complexity index is 3470. The summed E-state index contributed by atoms with van der Waals surface area (Å²) in [5, 5.41) is 6.78. The molecule has 0 atom stereocenters. The number of rotatable bonds is 4. The molecule has 0 bridgehead atoms. The average molecular weight is 785 g/mol. The lowest BCUT2D eigenvalue weighted by molar-refractivity contribution is 0.628. The van der Waals surface area contributed by atoms with Gasteiger partial charge in [-0.3, -0.25) is 0 Å². The van der Waals surface area contributed by atoms with Gasteiger partial charge in [0.1, 0.15) is 11.4 Å². The van der Waals surface area contributed by atoms with Gasteiger partial charge in [-0.1, -0.05) is 140 Å². The zero-order valence-electron chi connectivity index (χ0n) is 33.1. The van der Waals surface area contributed by atoms with Crippen molar-refractivity contribution in [1.82, 2.24) is 0 Å². The van der Waals surface area contributed by atoms with E-state index in [1.165, 1.54) is 61.2 Å². The number of nitrogens with zero attached hydrogens (tertiary/aromatic N) is 2. The highest BCUT2D eigenvalue weighted by molar-refractivity contribution is 6.18. The van der Waals surface area contributed by atoms with Crippen LogP contribution in [0.15, 0.2) is 210 Å². The molecule has 61 heavy (non-hydrogen) atoms.